The molecule has 0 aliphatic carbocycles. The van der Waals surface area contributed by atoms with Crippen molar-refractivity contribution in [2.75, 3.05) is 33.4 Å². The molecule has 0 unspecified atom stereocenters. The maximum atomic E-state index is 5.62. The lowest BCUT2D eigenvalue weighted by atomic mass is 10.2. The molecule has 0 aromatic heterocycles. The zero-order valence-electron chi connectivity index (χ0n) is 13.5. The molecule has 1 N–H and O–H groups in total. The fourth-order valence-electron chi connectivity index (χ4n) is 3.03. The fourth-order valence-corrected chi connectivity index (χ4v) is 3.03. The second-order valence-corrected chi connectivity index (χ2v) is 5.47. The molecule has 1 saturated heterocycles. The molecule has 0 saturated carbocycles. The van der Waals surface area contributed by atoms with Gasteiger partial charge in [0.1, 0.15) is 0 Å². The number of hydrogen-bond donors (Lipinski definition) is 1. The Bertz CT molecular complexity index is 437. The SMILES string of the molecule is CCOc1cc(CNC[C@H]2CCCN2CC)ccc1OC. The van der Waals surface area contributed by atoms with Gasteiger partial charge in [-0.3, -0.25) is 4.90 Å². The predicted octanol–water partition coefficient (Wildman–Crippen LogP) is 2.67. The van der Waals surface area contributed by atoms with Gasteiger partial charge in [-0.25, -0.2) is 0 Å². The van der Waals surface area contributed by atoms with Crippen LogP contribution < -0.4 is 14.8 Å². The maximum Gasteiger partial charge on any atom is 0.161 e. The number of methoxy groups -OCH3 is 1. The first kappa shape index (κ1) is 16.1. The molecule has 118 valence electrons. The molecule has 0 radical (unpaired) electrons. The van der Waals surface area contributed by atoms with Gasteiger partial charge in [-0.05, 0) is 50.6 Å². The Morgan fingerprint density at radius 3 is 2.86 bits per heavy atom. The third kappa shape index (κ3) is 4.35. The minimum atomic E-state index is 0.654. The predicted molar refractivity (Wildman–Crippen MR) is 86.1 cm³/mol. The summed E-state index contributed by atoms with van der Waals surface area (Å²) in [7, 11) is 1.68. The number of hydrogen-bond acceptors (Lipinski definition) is 4. The van der Waals surface area contributed by atoms with Crippen molar-refractivity contribution >= 4 is 0 Å². The lowest BCUT2D eigenvalue weighted by Gasteiger charge is -2.23. The summed E-state index contributed by atoms with van der Waals surface area (Å²) < 4.78 is 10.9. The average molecular weight is 292 g/mol. The first-order valence-corrected chi connectivity index (χ1v) is 8.03. The van der Waals surface area contributed by atoms with Gasteiger partial charge < -0.3 is 14.8 Å². The van der Waals surface area contributed by atoms with Crippen LogP contribution in [0.15, 0.2) is 18.2 Å². The molecule has 1 aliphatic rings. The summed E-state index contributed by atoms with van der Waals surface area (Å²) in [6.45, 7) is 9.23. The van der Waals surface area contributed by atoms with Gasteiger partial charge in [0.15, 0.2) is 11.5 Å². The van der Waals surface area contributed by atoms with Gasteiger partial charge in [0.05, 0.1) is 13.7 Å². The van der Waals surface area contributed by atoms with Crippen LogP contribution >= 0.6 is 0 Å². The molecule has 1 fully saturated rings. The first-order valence-electron chi connectivity index (χ1n) is 8.03. The quantitative estimate of drug-likeness (QED) is 0.799. The zero-order chi connectivity index (χ0) is 15.1. The topological polar surface area (TPSA) is 33.7 Å². The molecule has 0 spiro atoms. The van der Waals surface area contributed by atoms with E-state index in [1.165, 1.54) is 24.9 Å². The van der Waals surface area contributed by atoms with Crippen LogP contribution in [0.1, 0.15) is 32.3 Å². The monoisotopic (exact) mass is 292 g/mol. The van der Waals surface area contributed by atoms with Crippen molar-refractivity contribution in [1.29, 1.82) is 0 Å². The molecule has 1 aliphatic heterocycles. The molecule has 0 amide bonds. The lowest BCUT2D eigenvalue weighted by Crippen LogP contribution is -2.37. The highest BCUT2D eigenvalue weighted by Crippen LogP contribution is 2.28. The molecule has 1 heterocycles. The standard InChI is InChI=1S/C17H28N2O2/c1-4-19-10-6-7-15(19)13-18-12-14-8-9-16(20-3)17(11-14)21-5-2/h8-9,11,15,18H,4-7,10,12-13H2,1-3H3/t15-/m1/s1. The summed E-state index contributed by atoms with van der Waals surface area (Å²) in [5.74, 6) is 1.63. The Hall–Kier alpha value is -1.26. The molecule has 4 nitrogen and oxygen atoms in total. The van der Waals surface area contributed by atoms with Crippen molar-refractivity contribution in [3.8, 4) is 11.5 Å². The van der Waals surface area contributed by atoms with Crippen LogP contribution in [0.3, 0.4) is 0 Å². The number of likely N-dealkylation sites (tertiary alicyclic amines) is 1. The van der Waals surface area contributed by atoms with Crippen molar-refractivity contribution in [1.82, 2.24) is 10.2 Å². The number of nitrogens with zero attached hydrogens (tertiary/aromatic N) is 1. The molecule has 21 heavy (non-hydrogen) atoms. The van der Waals surface area contributed by atoms with Gasteiger partial charge in [-0.1, -0.05) is 13.0 Å². The Morgan fingerprint density at radius 2 is 2.14 bits per heavy atom. The molecule has 1 aromatic rings. The van der Waals surface area contributed by atoms with Crippen molar-refractivity contribution in [2.45, 2.75) is 39.3 Å². The molecule has 4 heteroatoms. The van der Waals surface area contributed by atoms with E-state index in [9.17, 15) is 0 Å². The van der Waals surface area contributed by atoms with Crippen LogP contribution in [0.25, 0.3) is 0 Å². The highest BCUT2D eigenvalue weighted by Gasteiger charge is 2.22. The van der Waals surface area contributed by atoms with E-state index in [1.54, 1.807) is 7.11 Å². The van der Waals surface area contributed by atoms with Crippen molar-refractivity contribution in [2.24, 2.45) is 0 Å². The van der Waals surface area contributed by atoms with E-state index < -0.39 is 0 Å². The summed E-state index contributed by atoms with van der Waals surface area (Å²) in [5.41, 5.74) is 1.24. The van der Waals surface area contributed by atoms with Gasteiger partial charge in [0.2, 0.25) is 0 Å². The Morgan fingerprint density at radius 1 is 1.29 bits per heavy atom. The largest absolute Gasteiger partial charge is 0.493 e. The zero-order valence-corrected chi connectivity index (χ0v) is 13.5. The number of rotatable bonds is 8. The van der Waals surface area contributed by atoms with Crippen molar-refractivity contribution in [3.63, 3.8) is 0 Å². The van der Waals surface area contributed by atoms with E-state index in [-0.39, 0.29) is 0 Å². The van der Waals surface area contributed by atoms with Crippen LogP contribution in [0.4, 0.5) is 0 Å². The van der Waals surface area contributed by atoms with Crippen molar-refractivity contribution < 1.29 is 9.47 Å². The number of likely N-dealkylation sites (N-methyl/N-ethyl adjacent to an activating group) is 1. The summed E-state index contributed by atoms with van der Waals surface area (Å²) in [6, 6.07) is 6.84. The van der Waals surface area contributed by atoms with Crippen molar-refractivity contribution in [3.05, 3.63) is 23.8 Å². The molecule has 2 rings (SSSR count). The summed E-state index contributed by atoms with van der Waals surface area (Å²) in [5, 5.41) is 3.58. The molecule has 0 bridgehead atoms. The van der Waals surface area contributed by atoms with Crippen LogP contribution in [0.5, 0.6) is 11.5 Å². The Balaban J connectivity index is 1.86. The van der Waals surface area contributed by atoms with Gasteiger partial charge in [0.25, 0.3) is 0 Å². The minimum absolute atomic E-state index is 0.654. The van der Waals surface area contributed by atoms with Crippen LogP contribution in [-0.2, 0) is 6.54 Å². The van der Waals surface area contributed by atoms with Crippen LogP contribution in [0, 0.1) is 0 Å². The van der Waals surface area contributed by atoms with E-state index in [1.807, 2.05) is 13.0 Å². The van der Waals surface area contributed by atoms with Crippen LogP contribution in [-0.4, -0.2) is 44.3 Å². The van der Waals surface area contributed by atoms with E-state index in [4.69, 9.17) is 9.47 Å². The van der Waals surface area contributed by atoms with E-state index in [2.05, 4.69) is 29.3 Å². The van der Waals surface area contributed by atoms with Gasteiger partial charge >= 0.3 is 0 Å². The number of ether oxygens (including phenoxy) is 2. The number of benzene rings is 1. The maximum absolute atomic E-state index is 5.62. The lowest BCUT2D eigenvalue weighted by molar-refractivity contribution is 0.260. The van der Waals surface area contributed by atoms with Gasteiger partial charge in [-0.15, -0.1) is 0 Å². The number of nitrogens with one attached hydrogen (secondary N) is 1. The van der Waals surface area contributed by atoms with E-state index >= 15 is 0 Å². The third-order valence-electron chi connectivity index (χ3n) is 4.14. The smallest absolute Gasteiger partial charge is 0.161 e. The molecular formula is C17H28N2O2. The highest BCUT2D eigenvalue weighted by atomic mass is 16.5. The molecular weight excluding hydrogens is 264 g/mol. The fraction of sp³-hybridized carbons (Fsp3) is 0.647. The van der Waals surface area contributed by atoms with E-state index in [0.29, 0.717) is 12.6 Å². The normalized spacial score (nSPS) is 18.9. The summed E-state index contributed by atoms with van der Waals surface area (Å²) in [4.78, 5) is 2.56. The Labute approximate surface area is 128 Å². The van der Waals surface area contributed by atoms with Crippen LogP contribution in [0.2, 0.25) is 0 Å². The highest BCUT2D eigenvalue weighted by molar-refractivity contribution is 5.42. The second kappa shape index (κ2) is 8.25. The van der Waals surface area contributed by atoms with Gasteiger partial charge in [0, 0.05) is 19.1 Å². The first-order chi connectivity index (χ1) is 10.3. The molecule has 1 atom stereocenters. The minimum Gasteiger partial charge on any atom is -0.493 e. The van der Waals surface area contributed by atoms with Gasteiger partial charge in [-0.2, -0.15) is 0 Å². The third-order valence-corrected chi connectivity index (χ3v) is 4.14. The summed E-state index contributed by atoms with van der Waals surface area (Å²) in [6.07, 6.45) is 2.64. The Kier molecular flexibility index (Phi) is 6.33. The average Bonchev–Trinajstić information content (AvgIpc) is 2.95. The summed E-state index contributed by atoms with van der Waals surface area (Å²) >= 11 is 0. The second-order valence-electron chi connectivity index (χ2n) is 5.47. The van der Waals surface area contributed by atoms with E-state index in [0.717, 1.165) is 31.1 Å². The molecule has 1 aromatic carbocycles.